The van der Waals surface area contributed by atoms with E-state index in [9.17, 15) is 0 Å². The molecule has 2 aromatic rings. The van der Waals surface area contributed by atoms with Gasteiger partial charge in [-0.1, -0.05) is 12.1 Å². The van der Waals surface area contributed by atoms with Crippen LogP contribution in [-0.2, 0) is 19.4 Å². The van der Waals surface area contributed by atoms with Crippen LogP contribution in [0.2, 0.25) is 0 Å². The molecule has 0 saturated heterocycles. The van der Waals surface area contributed by atoms with Gasteiger partial charge in [0.05, 0.1) is 6.54 Å². The van der Waals surface area contributed by atoms with Crippen LogP contribution in [0.1, 0.15) is 22.4 Å². The summed E-state index contributed by atoms with van der Waals surface area (Å²) in [4.78, 5) is 5.57. The van der Waals surface area contributed by atoms with E-state index in [1.54, 1.807) is 11.3 Å². The Morgan fingerprint density at radius 2 is 2.10 bits per heavy atom. The molecule has 0 saturated carbocycles. The van der Waals surface area contributed by atoms with Crippen LogP contribution in [0.5, 0.6) is 0 Å². The molecule has 0 spiro atoms. The number of aliphatic imine (C=N–C) groups is 1. The molecule has 1 aromatic heterocycles. The van der Waals surface area contributed by atoms with Crippen LogP contribution < -0.4 is 11.1 Å². The van der Waals surface area contributed by atoms with Gasteiger partial charge in [-0.3, -0.25) is 0 Å². The number of fused-ring (bicyclic) bond motifs is 1. The number of nitrogens with zero attached hydrogens (tertiary/aromatic N) is 1. The van der Waals surface area contributed by atoms with Gasteiger partial charge >= 0.3 is 0 Å². The zero-order valence-electron chi connectivity index (χ0n) is 11.1. The van der Waals surface area contributed by atoms with Gasteiger partial charge in [0.25, 0.3) is 0 Å². The molecule has 0 bridgehead atoms. The zero-order chi connectivity index (χ0) is 13.1. The number of halogens is 1. The lowest BCUT2D eigenvalue weighted by Crippen LogP contribution is -2.22. The van der Waals surface area contributed by atoms with Crippen molar-refractivity contribution >= 4 is 47.0 Å². The van der Waals surface area contributed by atoms with Gasteiger partial charge in [0, 0.05) is 10.6 Å². The number of guanidine groups is 1. The normalized spacial score (nSPS) is 13.7. The van der Waals surface area contributed by atoms with Crippen molar-refractivity contribution in [2.75, 3.05) is 5.32 Å². The number of anilines is 1. The summed E-state index contributed by atoms with van der Waals surface area (Å²) in [5.74, 6) is 0.478. The minimum Gasteiger partial charge on any atom is -0.370 e. The van der Waals surface area contributed by atoms with Gasteiger partial charge in [-0.15, -0.1) is 35.3 Å². The first-order valence-electron chi connectivity index (χ1n) is 6.52. The first kappa shape index (κ1) is 15.3. The van der Waals surface area contributed by atoms with E-state index in [0.29, 0.717) is 12.5 Å². The first-order chi connectivity index (χ1) is 9.31. The third-order valence-electron chi connectivity index (χ3n) is 3.36. The lowest BCUT2D eigenvalue weighted by Gasteiger charge is -2.07. The predicted molar refractivity (Wildman–Crippen MR) is 97.2 cm³/mol. The number of aryl methyl sites for hydroxylation is 2. The molecule has 1 aliphatic carbocycles. The smallest absolute Gasteiger partial charge is 0.193 e. The van der Waals surface area contributed by atoms with Crippen molar-refractivity contribution in [3.05, 3.63) is 51.7 Å². The second-order valence-electron chi connectivity index (χ2n) is 4.74. The molecule has 5 heteroatoms. The van der Waals surface area contributed by atoms with E-state index >= 15 is 0 Å². The first-order valence-corrected chi connectivity index (χ1v) is 7.40. The number of hydrogen-bond donors (Lipinski definition) is 2. The molecule has 0 aliphatic heterocycles. The molecule has 0 fully saturated rings. The molecule has 20 heavy (non-hydrogen) atoms. The lowest BCUT2D eigenvalue weighted by atomic mass is 10.1. The third kappa shape index (κ3) is 3.73. The molecule has 3 N–H and O–H groups in total. The largest absolute Gasteiger partial charge is 0.370 e. The van der Waals surface area contributed by atoms with Gasteiger partial charge in [-0.2, -0.15) is 0 Å². The highest BCUT2D eigenvalue weighted by atomic mass is 127. The Labute approximate surface area is 140 Å². The summed E-state index contributed by atoms with van der Waals surface area (Å²) in [7, 11) is 0. The van der Waals surface area contributed by atoms with Crippen LogP contribution in [0.4, 0.5) is 5.69 Å². The van der Waals surface area contributed by atoms with Crippen molar-refractivity contribution in [3.8, 4) is 0 Å². The van der Waals surface area contributed by atoms with E-state index in [0.717, 1.165) is 5.69 Å². The van der Waals surface area contributed by atoms with Crippen molar-refractivity contribution < 1.29 is 0 Å². The summed E-state index contributed by atoms with van der Waals surface area (Å²) in [5, 5.41) is 5.22. The van der Waals surface area contributed by atoms with Gasteiger partial charge in [-0.05, 0) is 54.0 Å². The minimum absolute atomic E-state index is 0. The third-order valence-corrected chi connectivity index (χ3v) is 4.22. The van der Waals surface area contributed by atoms with Crippen molar-refractivity contribution in [2.24, 2.45) is 10.7 Å². The monoisotopic (exact) mass is 399 g/mol. The maximum absolute atomic E-state index is 5.91. The number of nitrogens with two attached hydrogens (primary N) is 1. The van der Waals surface area contributed by atoms with Crippen LogP contribution >= 0.6 is 35.3 Å². The maximum Gasteiger partial charge on any atom is 0.193 e. The van der Waals surface area contributed by atoms with Crippen molar-refractivity contribution in [1.29, 1.82) is 0 Å². The topological polar surface area (TPSA) is 50.4 Å². The molecule has 3 nitrogen and oxygen atoms in total. The molecule has 0 radical (unpaired) electrons. The van der Waals surface area contributed by atoms with Crippen LogP contribution in [0.3, 0.4) is 0 Å². The molecular formula is C15H18IN3S. The van der Waals surface area contributed by atoms with E-state index in [1.807, 2.05) is 6.07 Å². The van der Waals surface area contributed by atoms with Crippen molar-refractivity contribution in [1.82, 2.24) is 0 Å². The second-order valence-corrected chi connectivity index (χ2v) is 5.78. The van der Waals surface area contributed by atoms with E-state index in [2.05, 4.69) is 40.0 Å². The molecule has 106 valence electrons. The fourth-order valence-corrected chi connectivity index (χ4v) is 3.03. The standard InChI is InChI=1S/C15H17N3S.HI/c16-15(17-10-14-5-2-8-19-14)18-13-7-6-11-3-1-4-12(11)9-13;/h2,5-9H,1,3-4,10H2,(H3,16,17,18);1H. The van der Waals surface area contributed by atoms with E-state index in [1.165, 1.54) is 35.3 Å². The maximum atomic E-state index is 5.91. The zero-order valence-corrected chi connectivity index (χ0v) is 14.3. The molecule has 1 heterocycles. The fraction of sp³-hybridized carbons (Fsp3) is 0.267. The Morgan fingerprint density at radius 3 is 2.90 bits per heavy atom. The molecule has 3 rings (SSSR count). The number of rotatable bonds is 3. The highest BCUT2D eigenvalue weighted by Crippen LogP contribution is 2.24. The molecule has 0 amide bonds. The molecule has 1 aliphatic rings. The van der Waals surface area contributed by atoms with Gasteiger partial charge in [0.15, 0.2) is 5.96 Å². The molecular weight excluding hydrogens is 381 g/mol. The van der Waals surface area contributed by atoms with Crippen LogP contribution in [0.25, 0.3) is 0 Å². The van der Waals surface area contributed by atoms with Crippen molar-refractivity contribution in [3.63, 3.8) is 0 Å². The van der Waals surface area contributed by atoms with Gasteiger partial charge in [0.1, 0.15) is 0 Å². The summed E-state index contributed by atoms with van der Waals surface area (Å²) in [6, 6.07) is 10.6. The summed E-state index contributed by atoms with van der Waals surface area (Å²) >= 11 is 1.70. The van der Waals surface area contributed by atoms with E-state index < -0.39 is 0 Å². The van der Waals surface area contributed by atoms with Crippen LogP contribution in [-0.4, -0.2) is 5.96 Å². The van der Waals surface area contributed by atoms with Crippen molar-refractivity contribution in [2.45, 2.75) is 25.8 Å². The molecule has 0 unspecified atom stereocenters. The number of thiophene rings is 1. The Kier molecular flexibility index (Phi) is 5.42. The van der Waals surface area contributed by atoms with Gasteiger partial charge in [-0.25, -0.2) is 4.99 Å². The Morgan fingerprint density at radius 1 is 1.25 bits per heavy atom. The molecule has 1 aromatic carbocycles. The highest BCUT2D eigenvalue weighted by molar-refractivity contribution is 14.0. The van der Waals surface area contributed by atoms with Crippen LogP contribution in [0.15, 0.2) is 40.7 Å². The summed E-state index contributed by atoms with van der Waals surface area (Å²) in [6.45, 7) is 0.640. The number of hydrogen-bond acceptors (Lipinski definition) is 2. The second kappa shape index (κ2) is 7.08. The minimum atomic E-state index is 0. The summed E-state index contributed by atoms with van der Waals surface area (Å²) in [5.41, 5.74) is 9.86. The predicted octanol–water partition coefficient (Wildman–Crippen LogP) is 3.78. The van der Waals surface area contributed by atoms with Crippen LogP contribution in [0, 0.1) is 0 Å². The number of benzene rings is 1. The van der Waals surface area contributed by atoms with E-state index in [4.69, 9.17) is 5.73 Å². The fourth-order valence-electron chi connectivity index (χ4n) is 2.40. The van der Waals surface area contributed by atoms with Gasteiger partial charge in [0.2, 0.25) is 0 Å². The van der Waals surface area contributed by atoms with Gasteiger partial charge < -0.3 is 11.1 Å². The average molecular weight is 399 g/mol. The number of nitrogens with one attached hydrogen (secondary N) is 1. The average Bonchev–Trinajstić information content (AvgIpc) is 3.07. The SMILES string of the molecule is I.NC(=NCc1cccs1)Nc1ccc2c(c1)CCC2. The summed E-state index contributed by atoms with van der Waals surface area (Å²) < 4.78 is 0. The quantitative estimate of drug-likeness (QED) is 0.469. The lowest BCUT2D eigenvalue weighted by molar-refractivity contribution is 0.912. The highest BCUT2D eigenvalue weighted by Gasteiger charge is 2.10. The summed E-state index contributed by atoms with van der Waals surface area (Å²) in [6.07, 6.45) is 3.65. The van der Waals surface area contributed by atoms with E-state index in [-0.39, 0.29) is 24.0 Å². The molecule has 0 atom stereocenters. The Hall–Kier alpha value is -1.08. The Balaban J connectivity index is 0.00000147. The Bertz CT molecular complexity index is 593.